The molecule has 0 bridgehead atoms. The lowest BCUT2D eigenvalue weighted by Crippen LogP contribution is -2.61. The van der Waals surface area contributed by atoms with Crippen LogP contribution in [0.15, 0.2) is 340 Å². The van der Waals surface area contributed by atoms with Gasteiger partial charge in [0.25, 0.3) is 6.71 Å². The molecule has 16 aromatic rings. The van der Waals surface area contributed by atoms with Crippen LogP contribution in [0.1, 0.15) is 105 Å². The fourth-order valence-electron chi connectivity index (χ4n) is 17.6. The van der Waals surface area contributed by atoms with Crippen LogP contribution in [-0.4, -0.2) is 11.3 Å². The van der Waals surface area contributed by atoms with Crippen molar-refractivity contribution in [3.8, 4) is 94.7 Å². The van der Waals surface area contributed by atoms with E-state index < -0.39 is 0 Å². The van der Waals surface area contributed by atoms with E-state index in [1.165, 1.54) is 71.7 Å². The highest BCUT2D eigenvalue weighted by molar-refractivity contribution is 7.00. The number of rotatable bonds is 11. The van der Waals surface area contributed by atoms with E-state index >= 15 is 0 Å². The van der Waals surface area contributed by atoms with Gasteiger partial charge >= 0.3 is 0 Å². The highest BCUT2D eigenvalue weighted by Crippen LogP contribution is 2.56. The minimum absolute atomic E-state index is 0.0613. The minimum atomic E-state index is -0.281. The number of aromatic nitrogens is 1. The summed E-state index contributed by atoms with van der Waals surface area (Å²) in [4.78, 5) is 5.48. The zero-order valence-corrected chi connectivity index (χ0v) is 65.3. The molecule has 0 atom stereocenters. The Hall–Kier alpha value is -12.2. The number of nitrogens with zero attached hydrogens (tertiary/aromatic N) is 3. The van der Waals surface area contributed by atoms with E-state index in [1.807, 2.05) is 0 Å². The molecule has 0 radical (unpaired) electrons. The Kier molecular flexibility index (Phi) is 17.0. The summed E-state index contributed by atoms with van der Waals surface area (Å²) in [6.07, 6.45) is 0. The van der Waals surface area contributed by atoms with Crippen LogP contribution in [0.4, 0.5) is 34.1 Å². The first-order valence-electron chi connectivity index (χ1n) is 39.2. The predicted octanol–water partition coefficient (Wildman–Crippen LogP) is 27.4. The fourth-order valence-corrected chi connectivity index (χ4v) is 17.6. The number of fused-ring (bicyclic) bond motifs is 7. The summed E-state index contributed by atoms with van der Waals surface area (Å²) in [7, 11) is 0. The Labute approximate surface area is 650 Å². The molecule has 3 nitrogen and oxygen atoms in total. The number of anilines is 6. The first kappa shape index (κ1) is 69.5. The number of hydrogen-bond acceptors (Lipinski definition) is 2. The van der Waals surface area contributed by atoms with Crippen molar-refractivity contribution >= 4 is 79.0 Å². The molecule has 0 aliphatic carbocycles. The molecule has 2 aliphatic heterocycles. The molecule has 4 heteroatoms. The summed E-state index contributed by atoms with van der Waals surface area (Å²) < 4.78 is 2.56. The molecule has 0 saturated carbocycles. The van der Waals surface area contributed by atoms with Gasteiger partial charge in [0.1, 0.15) is 0 Å². The Morgan fingerprint density at radius 3 is 0.855 bits per heavy atom. The molecule has 0 N–H and O–H groups in total. The van der Waals surface area contributed by atoms with Gasteiger partial charge in [-0.2, -0.15) is 0 Å². The lowest BCUT2D eigenvalue weighted by Gasteiger charge is -2.46. The number of para-hydroxylation sites is 2. The minimum Gasteiger partial charge on any atom is -0.310 e. The van der Waals surface area contributed by atoms with Crippen molar-refractivity contribution in [3.05, 3.63) is 362 Å². The smallest absolute Gasteiger partial charge is 0.252 e. The summed E-state index contributed by atoms with van der Waals surface area (Å²) in [6.45, 7) is 28.0. The standard InChI is InChI=1S/C106H92BN3/c1-103(2,3)79-53-55-82(90(65-79)105(7,8)9)75-51-57-92-96(63-75)109(101-86(71-39-23-15-24-40-71)59-77(69-35-19-13-20-36-69)60-87(101)72-41-25-16-26-42-72)98-67-81(108-94-49-33-31-47-84(94)85-48-32-34-50-95(85)108)68-99-100(98)107(92)93-58-52-76(83-56-54-80(104(4,5)6)66-91(83)106(10,11)12)64-97(93)110(99)102-88(73-43-27-17-28-44-73)61-78(70-37-21-14-22-38-70)62-89(102)74-45-29-18-30-46-74/h13-68H,1-12H3. The van der Waals surface area contributed by atoms with E-state index in [0.717, 1.165) is 118 Å². The van der Waals surface area contributed by atoms with E-state index in [1.54, 1.807) is 0 Å². The molecule has 110 heavy (non-hydrogen) atoms. The number of hydrogen-bond donors (Lipinski definition) is 0. The molecule has 1 aromatic heterocycles. The van der Waals surface area contributed by atoms with Crippen LogP contribution < -0.4 is 26.2 Å². The van der Waals surface area contributed by atoms with Crippen molar-refractivity contribution in [2.24, 2.45) is 0 Å². The van der Waals surface area contributed by atoms with Crippen molar-refractivity contribution < 1.29 is 0 Å². The maximum Gasteiger partial charge on any atom is 0.252 e. The summed E-state index contributed by atoms with van der Waals surface area (Å²) in [5.74, 6) is 0. The summed E-state index contributed by atoms with van der Waals surface area (Å²) >= 11 is 0. The van der Waals surface area contributed by atoms with Gasteiger partial charge in [0, 0.05) is 55.8 Å². The third kappa shape index (κ3) is 12.2. The van der Waals surface area contributed by atoms with Crippen LogP contribution in [0.5, 0.6) is 0 Å². The summed E-state index contributed by atoms with van der Waals surface area (Å²) in [6, 6.07) is 130. The van der Waals surface area contributed by atoms with E-state index in [-0.39, 0.29) is 28.4 Å². The average Bonchev–Trinajstić information content (AvgIpc) is 0.806. The molecule has 0 spiro atoms. The topological polar surface area (TPSA) is 11.4 Å². The van der Waals surface area contributed by atoms with Crippen LogP contribution in [0.2, 0.25) is 0 Å². The largest absolute Gasteiger partial charge is 0.310 e. The second-order valence-corrected chi connectivity index (χ2v) is 34.5. The Morgan fingerprint density at radius 2 is 0.536 bits per heavy atom. The maximum absolute atomic E-state index is 2.74. The average molecular weight is 1420 g/mol. The van der Waals surface area contributed by atoms with E-state index in [9.17, 15) is 0 Å². The van der Waals surface area contributed by atoms with Gasteiger partial charge in [0.15, 0.2) is 0 Å². The predicted molar refractivity (Wildman–Crippen MR) is 473 cm³/mol. The van der Waals surface area contributed by atoms with Gasteiger partial charge in [-0.3, -0.25) is 0 Å². The number of benzene rings is 15. The SMILES string of the molecule is CC(C)(C)c1ccc(-c2ccc3c(c2)N(c2c(-c4ccccc4)cc(-c4ccccc4)cc2-c2ccccc2)c2cc(-n4c5ccccc5c5ccccc54)cc4c2B3c2ccc(-c3ccc(C(C)(C)C)cc3C(C)(C)C)cc2N4c2c(-c3ccccc3)cc(-c3ccccc3)cc2-c2ccccc2)c(C(C)(C)C)c1. The molecule has 534 valence electrons. The lowest BCUT2D eigenvalue weighted by atomic mass is 9.33. The zero-order valence-electron chi connectivity index (χ0n) is 65.3. The molecule has 18 rings (SSSR count). The van der Waals surface area contributed by atoms with Crippen molar-refractivity contribution in [2.75, 3.05) is 9.80 Å². The zero-order chi connectivity index (χ0) is 75.5. The highest BCUT2D eigenvalue weighted by atomic mass is 15.2. The van der Waals surface area contributed by atoms with Crippen molar-refractivity contribution in [1.29, 1.82) is 0 Å². The molecule has 15 aromatic carbocycles. The van der Waals surface area contributed by atoms with Crippen LogP contribution >= 0.6 is 0 Å². The molecule has 0 saturated heterocycles. The second-order valence-electron chi connectivity index (χ2n) is 34.5. The van der Waals surface area contributed by atoms with Crippen LogP contribution in [0, 0.1) is 0 Å². The molecule has 0 fully saturated rings. The van der Waals surface area contributed by atoms with Gasteiger partial charge in [-0.15, -0.1) is 0 Å². The van der Waals surface area contributed by atoms with Crippen LogP contribution in [0.3, 0.4) is 0 Å². The molecule has 3 heterocycles. The van der Waals surface area contributed by atoms with Gasteiger partial charge in [-0.05, 0) is 188 Å². The van der Waals surface area contributed by atoms with Crippen molar-refractivity contribution in [1.82, 2.24) is 4.57 Å². The van der Waals surface area contributed by atoms with Gasteiger partial charge in [0.2, 0.25) is 0 Å². The Bertz CT molecular complexity index is 5730. The van der Waals surface area contributed by atoms with Crippen LogP contribution in [0.25, 0.3) is 117 Å². The van der Waals surface area contributed by atoms with Gasteiger partial charge in [-0.1, -0.05) is 362 Å². The second kappa shape index (κ2) is 26.9. The molecule has 2 aliphatic rings. The van der Waals surface area contributed by atoms with Gasteiger partial charge in [-0.25, -0.2) is 0 Å². The molecular weight excluding hydrogens is 1330 g/mol. The Morgan fingerprint density at radius 1 is 0.227 bits per heavy atom. The van der Waals surface area contributed by atoms with Gasteiger partial charge in [0.05, 0.1) is 28.1 Å². The highest BCUT2D eigenvalue weighted by Gasteiger charge is 2.46. The van der Waals surface area contributed by atoms with Gasteiger partial charge < -0.3 is 14.4 Å². The van der Waals surface area contributed by atoms with Crippen molar-refractivity contribution in [3.63, 3.8) is 0 Å². The molecule has 0 unspecified atom stereocenters. The fraction of sp³-hybridized carbons (Fsp3) is 0.151. The third-order valence-corrected chi connectivity index (χ3v) is 23.1. The van der Waals surface area contributed by atoms with E-state index in [4.69, 9.17) is 0 Å². The maximum atomic E-state index is 2.74. The first-order chi connectivity index (χ1) is 53.1. The summed E-state index contributed by atoms with van der Waals surface area (Å²) in [5, 5.41) is 2.41. The normalized spacial score (nSPS) is 12.9. The van der Waals surface area contributed by atoms with E-state index in [2.05, 4.69) is 437 Å². The lowest BCUT2D eigenvalue weighted by molar-refractivity contribution is 0.569. The summed E-state index contributed by atoms with van der Waals surface area (Å²) in [5.41, 5.74) is 36.9. The first-order valence-corrected chi connectivity index (χ1v) is 39.2. The molecule has 0 amide bonds. The third-order valence-electron chi connectivity index (χ3n) is 23.1. The van der Waals surface area contributed by atoms with Crippen molar-refractivity contribution in [2.45, 2.75) is 105 Å². The molecular formula is C106H92BN3. The quantitative estimate of drug-likeness (QED) is 0.120. The van der Waals surface area contributed by atoms with E-state index in [0.29, 0.717) is 0 Å². The monoisotopic (exact) mass is 1420 g/mol. The Balaban J connectivity index is 1.06. The van der Waals surface area contributed by atoms with Crippen LogP contribution in [-0.2, 0) is 21.7 Å².